The second-order valence-electron chi connectivity index (χ2n) is 4.78. The lowest BCUT2D eigenvalue weighted by Crippen LogP contribution is -2.41. The van der Waals surface area contributed by atoms with E-state index in [-0.39, 0.29) is 24.0 Å². The minimum absolute atomic E-state index is 0.0379. The first-order chi connectivity index (χ1) is 10.0. The first-order valence-corrected chi connectivity index (χ1v) is 6.36. The van der Waals surface area contributed by atoms with Gasteiger partial charge in [-0.1, -0.05) is 0 Å². The molecule has 1 fully saturated rings. The Labute approximate surface area is 118 Å². The lowest BCUT2D eigenvalue weighted by molar-refractivity contribution is -0.135. The number of rotatable bonds is 2. The van der Waals surface area contributed by atoms with Crippen LogP contribution in [0.4, 0.5) is 10.3 Å². The number of benzene rings is 1. The fourth-order valence-electron chi connectivity index (χ4n) is 2.53. The minimum atomic E-state index is -0.650. The van der Waals surface area contributed by atoms with Crippen molar-refractivity contribution >= 4 is 28.8 Å². The van der Waals surface area contributed by atoms with Crippen LogP contribution in [0.1, 0.15) is 18.9 Å². The van der Waals surface area contributed by atoms with Gasteiger partial charge >= 0.3 is 0 Å². The summed E-state index contributed by atoms with van der Waals surface area (Å²) in [5.74, 6) is -1.19. The molecule has 7 nitrogen and oxygen atoms in total. The van der Waals surface area contributed by atoms with Gasteiger partial charge in [0.25, 0.3) is 0 Å². The first kappa shape index (κ1) is 13.3. The summed E-state index contributed by atoms with van der Waals surface area (Å²) in [4.78, 5) is 27.3. The molecule has 1 unspecified atom stereocenters. The molecule has 8 heteroatoms. The second kappa shape index (κ2) is 4.72. The normalized spacial score (nSPS) is 18.9. The number of anilines is 1. The van der Waals surface area contributed by atoms with Crippen LogP contribution in [0.5, 0.6) is 5.75 Å². The number of piperidine rings is 1. The van der Waals surface area contributed by atoms with Crippen molar-refractivity contribution in [2.45, 2.75) is 18.9 Å². The van der Waals surface area contributed by atoms with Crippen molar-refractivity contribution < 1.29 is 18.7 Å². The minimum Gasteiger partial charge on any atom is -0.494 e. The van der Waals surface area contributed by atoms with Crippen molar-refractivity contribution in [1.29, 1.82) is 0 Å². The molecule has 0 radical (unpaired) electrons. The molecule has 2 aromatic rings. The summed E-state index contributed by atoms with van der Waals surface area (Å²) in [5.41, 5.74) is 6.66. The average Bonchev–Trinajstić information content (AvgIpc) is 2.73. The molecule has 1 saturated heterocycles. The molecule has 3 N–H and O–H groups in total. The maximum Gasteiger partial charge on any atom is 0.249 e. The molecular formula is C13H13FN4O3. The molecule has 1 aliphatic rings. The Morgan fingerprint density at radius 3 is 2.90 bits per heavy atom. The average molecular weight is 292 g/mol. The van der Waals surface area contributed by atoms with Crippen LogP contribution in [-0.4, -0.2) is 28.5 Å². The molecule has 1 aromatic heterocycles. The zero-order chi connectivity index (χ0) is 15.1. The number of amides is 2. The van der Waals surface area contributed by atoms with Gasteiger partial charge in [-0.15, -0.1) is 0 Å². The van der Waals surface area contributed by atoms with Gasteiger partial charge < -0.3 is 10.5 Å². The highest BCUT2D eigenvalue weighted by Gasteiger charge is 2.31. The summed E-state index contributed by atoms with van der Waals surface area (Å²) >= 11 is 0. The number of ether oxygens (including phenoxy) is 1. The molecular weight excluding hydrogens is 279 g/mol. The van der Waals surface area contributed by atoms with Gasteiger partial charge in [-0.05, 0) is 6.42 Å². The fourth-order valence-corrected chi connectivity index (χ4v) is 2.53. The van der Waals surface area contributed by atoms with E-state index in [0.29, 0.717) is 17.5 Å². The number of aromatic nitrogens is 2. The second-order valence-corrected chi connectivity index (χ2v) is 4.78. The number of hydrogen-bond acceptors (Lipinski definition) is 5. The van der Waals surface area contributed by atoms with E-state index in [1.807, 2.05) is 0 Å². The number of nitrogens with two attached hydrogens (primary N) is 1. The van der Waals surface area contributed by atoms with Crippen LogP contribution >= 0.6 is 0 Å². The summed E-state index contributed by atoms with van der Waals surface area (Å²) in [6.45, 7) is 0. The van der Waals surface area contributed by atoms with Crippen LogP contribution in [0, 0.1) is 5.82 Å². The van der Waals surface area contributed by atoms with Crippen molar-refractivity contribution in [3.05, 3.63) is 17.9 Å². The van der Waals surface area contributed by atoms with E-state index in [1.165, 1.54) is 23.8 Å². The van der Waals surface area contributed by atoms with Gasteiger partial charge in [-0.2, -0.15) is 0 Å². The van der Waals surface area contributed by atoms with E-state index in [2.05, 4.69) is 10.3 Å². The molecule has 21 heavy (non-hydrogen) atoms. The van der Waals surface area contributed by atoms with Crippen LogP contribution < -0.4 is 15.8 Å². The lowest BCUT2D eigenvalue weighted by atomic mass is 10.1. The summed E-state index contributed by atoms with van der Waals surface area (Å²) in [7, 11) is 1.35. The number of halogens is 1. The third-order valence-corrected chi connectivity index (χ3v) is 3.51. The van der Waals surface area contributed by atoms with Crippen molar-refractivity contribution in [2.75, 3.05) is 12.8 Å². The quantitative estimate of drug-likeness (QED) is 0.795. The van der Waals surface area contributed by atoms with E-state index >= 15 is 0 Å². The third kappa shape index (κ3) is 2.08. The molecule has 0 bridgehead atoms. The molecule has 1 aliphatic heterocycles. The Hall–Kier alpha value is -2.64. The molecule has 0 saturated carbocycles. The Kier molecular flexibility index (Phi) is 3.00. The number of nitrogens with zero attached hydrogens (tertiary/aromatic N) is 2. The first-order valence-electron chi connectivity index (χ1n) is 6.36. The van der Waals surface area contributed by atoms with Crippen molar-refractivity contribution in [3.8, 4) is 5.75 Å². The highest BCUT2D eigenvalue weighted by Crippen LogP contribution is 2.31. The van der Waals surface area contributed by atoms with Crippen LogP contribution in [0.25, 0.3) is 11.0 Å². The molecule has 1 atom stereocenters. The maximum absolute atomic E-state index is 13.7. The van der Waals surface area contributed by atoms with Gasteiger partial charge in [-0.25, -0.2) is 9.37 Å². The van der Waals surface area contributed by atoms with Crippen LogP contribution in [-0.2, 0) is 9.59 Å². The number of fused-ring (bicyclic) bond motifs is 1. The third-order valence-electron chi connectivity index (χ3n) is 3.51. The molecule has 1 aromatic carbocycles. The van der Waals surface area contributed by atoms with Crippen LogP contribution in [0.3, 0.4) is 0 Å². The van der Waals surface area contributed by atoms with Gasteiger partial charge in [-0.3, -0.25) is 19.5 Å². The Bertz CT molecular complexity index is 755. The van der Waals surface area contributed by atoms with Crippen molar-refractivity contribution in [2.24, 2.45) is 0 Å². The zero-order valence-electron chi connectivity index (χ0n) is 11.2. The number of nitrogens with one attached hydrogen (secondary N) is 1. The van der Waals surface area contributed by atoms with Crippen LogP contribution in [0.2, 0.25) is 0 Å². The monoisotopic (exact) mass is 292 g/mol. The summed E-state index contributed by atoms with van der Waals surface area (Å²) < 4.78 is 20.1. The molecule has 0 spiro atoms. The number of carbonyl (C=O) groups is 2. The molecule has 3 rings (SSSR count). The van der Waals surface area contributed by atoms with Crippen molar-refractivity contribution in [3.63, 3.8) is 0 Å². The van der Waals surface area contributed by atoms with Gasteiger partial charge in [0.15, 0.2) is 11.6 Å². The number of carbonyl (C=O) groups excluding carboxylic acids is 2. The number of methoxy groups -OCH3 is 1. The van der Waals surface area contributed by atoms with E-state index in [9.17, 15) is 14.0 Å². The molecule has 2 amide bonds. The van der Waals surface area contributed by atoms with Gasteiger partial charge in [0.05, 0.1) is 18.1 Å². The molecule has 2 heterocycles. The van der Waals surface area contributed by atoms with E-state index in [1.54, 1.807) is 0 Å². The van der Waals surface area contributed by atoms with Gasteiger partial charge in [0.2, 0.25) is 17.8 Å². The summed E-state index contributed by atoms with van der Waals surface area (Å²) in [6.07, 6.45) is 0.536. The SMILES string of the molecule is COc1cc2c(cc1F)nc(N)n2C1CCC(=O)NC1=O. The smallest absolute Gasteiger partial charge is 0.249 e. The Morgan fingerprint density at radius 2 is 2.24 bits per heavy atom. The molecule has 110 valence electrons. The standard InChI is InChI=1S/C13H13FN4O3/c1-21-10-5-9-7(4-6(10)14)16-13(15)18(9)8-2-3-11(19)17-12(8)20/h4-5,8H,2-3H2,1H3,(H2,15,16)(H,17,19,20). The van der Waals surface area contributed by atoms with E-state index in [0.717, 1.165) is 0 Å². The Balaban J connectivity index is 2.15. The highest BCUT2D eigenvalue weighted by molar-refractivity contribution is 6.00. The largest absolute Gasteiger partial charge is 0.494 e. The summed E-state index contributed by atoms with van der Waals surface area (Å²) in [6, 6.07) is 1.99. The Morgan fingerprint density at radius 1 is 1.48 bits per heavy atom. The van der Waals surface area contributed by atoms with E-state index < -0.39 is 17.8 Å². The predicted octanol–water partition coefficient (Wildman–Crippen LogP) is 0.744. The van der Waals surface area contributed by atoms with E-state index in [4.69, 9.17) is 10.5 Å². The highest BCUT2D eigenvalue weighted by atomic mass is 19.1. The fraction of sp³-hybridized carbons (Fsp3) is 0.308. The van der Waals surface area contributed by atoms with Crippen molar-refractivity contribution in [1.82, 2.24) is 14.9 Å². The number of nitrogen functional groups attached to an aromatic ring is 1. The number of hydrogen-bond donors (Lipinski definition) is 2. The topological polar surface area (TPSA) is 99.2 Å². The zero-order valence-corrected chi connectivity index (χ0v) is 11.2. The maximum atomic E-state index is 13.7. The number of imide groups is 1. The number of imidazole rings is 1. The summed E-state index contributed by atoms with van der Waals surface area (Å²) in [5, 5.41) is 2.26. The predicted molar refractivity (Wildman–Crippen MR) is 72.1 cm³/mol. The van der Waals surface area contributed by atoms with Gasteiger partial charge in [0.1, 0.15) is 6.04 Å². The lowest BCUT2D eigenvalue weighted by Gasteiger charge is -2.23. The molecule has 0 aliphatic carbocycles. The van der Waals surface area contributed by atoms with Crippen LogP contribution in [0.15, 0.2) is 12.1 Å². The van der Waals surface area contributed by atoms with Gasteiger partial charge in [0, 0.05) is 18.6 Å².